The third-order valence-electron chi connectivity index (χ3n) is 2.56. The Balaban J connectivity index is 2.97. The maximum absolute atomic E-state index is 13.0. The van der Waals surface area contributed by atoms with Crippen molar-refractivity contribution in [1.82, 2.24) is 4.72 Å². The van der Waals surface area contributed by atoms with Gasteiger partial charge in [0.05, 0.1) is 4.90 Å². The molecule has 1 aromatic rings. The fourth-order valence-corrected chi connectivity index (χ4v) is 4.07. The van der Waals surface area contributed by atoms with E-state index in [1.807, 2.05) is 0 Å². The molecule has 0 spiro atoms. The molecule has 112 valence electrons. The Morgan fingerprint density at radius 3 is 2.55 bits per heavy atom. The smallest absolute Gasteiger partial charge is 0.303 e. The van der Waals surface area contributed by atoms with Crippen LogP contribution < -0.4 is 4.72 Å². The second kappa shape index (κ2) is 6.19. The van der Waals surface area contributed by atoms with Crippen molar-refractivity contribution in [2.75, 3.05) is 0 Å². The normalized spacial score (nSPS) is 12.4. The number of benzene rings is 1. The summed E-state index contributed by atoms with van der Waals surface area (Å²) in [5.41, 5.74) is -0.926. The first kappa shape index (κ1) is 17.1. The van der Waals surface area contributed by atoms with Crippen LogP contribution in [0.4, 0.5) is 4.39 Å². The number of aliphatic carboxylic acids is 1. The van der Waals surface area contributed by atoms with Gasteiger partial charge in [-0.05, 0) is 54.4 Å². The molecule has 0 aromatic heterocycles. The Morgan fingerprint density at radius 1 is 1.45 bits per heavy atom. The standard InChI is InChI=1S/C12H15BrFNO4S/c1-12(2,6-5-11(16)17)15-20(18,19)10-4-3-8(14)7-9(10)13/h3-4,7,15H,5-6H2,1-2H3,(H,16,17). The van der Waals surface area contributed by atoms with E-state index in [-0.39, 0.29) is 22.2 Å². The van der Waals surface area contributed by atoms with Crippen LogP contribution in [-0.4, -0.2) is 25.0 Å². The van der Waals surface area contributed by atoms with E-state index in [1.165, 1.54) is 0 Å². The van der Waals surface area contributed by atoms with Gasteiger partial charge in [0.15, 0.2) is 0 Å². The fourth-order valence-electron chi connectivity index (χ4n) is 1.58. The maximum Gasteiger partial charge on any atom is 0.303 e. The van der Waals surface area contributed by atoms with Crippen molar-refractivity contribution in [3.05, 3.63) is 28.5 Å². The molecule has 2 N–H and O–H groups in total. The third-order valence-corrected chi connectivity index (χ3v) is 5.23. The molecule has 1 rings (SSSR count). The Morgan fingerprint density at radius 2 is 2.05 bits per heavy atom. The fraction of sp³-hybridized carbons (Fsp3) is 0.417. The monoisotopic (exact) mass is 367 g/mol. The largest absolute Gasteiger partial charge is 0.481 e. The molecule has 0 aliphatic heterocycles. The van der Waals surface area contributed by atoms with Crippen LogP contribution >= 0.6 is 15.9 Å². The van der Waals surface area contributed by atoms with Gasteiger partial charge in [-0.15, -0.1) is 0 Å². The topological polar surface area (TPSA) is 83.5 Å². The highest BCUT2D eigenvalue weighted by Gasteiger charge is 2.28. The lowest BCUT2D eigenvalue weighted by Crippen LogP contribution is -2.43. The van der Waals surface area contributed by atoms with Crippen LogP contribution in [-0.2, 0) is 14.8 Å². The molecule has 20 heavy (non-hydrogen) atoms. The average molecular weight is 368 g/mol. The van der Waals surface area contributed by atoms with Crippen LogP contribution in [0, 0.1) is 5.82 Å². The molecule has 0 amide bonds. The number of nitrogens with one attached hydrogen (secondary N) is 1. The summed E-state index contributed by atoms with van der Waals surface area (Å²) in [6, 6.07) is 3.25. The van der Waals surface area contributed by atoms with Crippen molar-refractivity contribution in [1.29, 1.82) is 0 Å². The van der Waals surface area contributed by atoms with Gasteiger partial charge in [0.25, 0.3) is 0 Å². The summed E-state index contributed by atoms with van der Waals surface area (Å²) in [6.45, 7) is 3.18. The van der Waals surface area contributed by atoms with Gasteiger partial charge in [-0.25, -0.2) is 17.5 Å². The average Bonchev–Trinajstić information content (AvgIpc) is 2.24. The first-order valence-corrected chi connectivity index (χ1v) is 8.02. The van der Waals surface area contributed by atoms with Crippen LogP contribution in [0.1, 0.15) is 26.7 Å². The third kappa shape index (κ3) is 4.84. The summed E-state index contributed by atoms with van der Waals surface area (Å²) in [4.78, 5) is 10.5. The van der Waals surface area contributed by atoms with Gasteiger partial charge >= 0.3 is 5.97 Å². The van der Waals surface area contributed by atoms with Crippen molar-refractivity contribution >= 4 is 31.9 Å². The lowest BCUT2D eigenvalue weighted by Gasteiger charge is -2.25. The van der Waals surface area contributed by atoms with E-state index in [0.717, 1.165) is 18.2 Å². The molecule has 5 nitrogen and oxygen atoms in total. The molecular formula is C12H15BrFNO4S. The first-order chi connectivity index (χ1) is 9.03. The van der Waals surface area contributed by atoms with E-state index in [2.05, 4.69) is 20.7 Å². The Bertz CT molecular complexity index is 616. The van der Waals surface area contributed by atoms with Gasteiger partial charge in [-0.3, -0.25) is 4.79 Å². The van der Waals surface area contributed by atoms with Crippen LogP contribution in [0.3, 0.4) is 0 Å². The Hall–Kier alpha value is -0.990. The van der Waals surface area contributed by atoms with Crippen LogP contribution in [0.2, 0.25) is 0 Å². The number of carboxylic acids is 1. The molecule has 0 unspecified atom stereocenters. The predicted octanol–water partition coefficient (Wildman–Crippen LogP) is 2.51. The van der Waals surface area contributed by atoms with Crippen molar-refractivity contribution in [2.24, 2.45) is 0 Å². The molecule has 0 bridgehead atoms. The van der Waals surface area contributed by atoms with E-state index in [1.54, 1.807) is 13.8 Å². The molecule has 0 heterocycles. The highest BCUT2D eigenvalue weighted by atomic mass is 79.9. The molecule has 8 heteroatoms. The minimum Gasteiger partial charge on any atom is -0.481 e. The summed E-state index contributed by atoms with van der Waals surface area (Å²) < 4.78 is 39.9. The molecule has 1 aromatic carbocycles. The zero-order valence-electron chi connectivity index (χ0n) is 11.0. The second-order valence-electron chi connectivity index (χ2n) is 4.96. The maximum atomic E-state index is 13.0. The minimum atomic E-state index is -3.87. The van der Waals surface area contributed by atoms with Gasteiger partial charge in [0, 0.05) is 16.4 Å². The highest BCUT2D eigenvalue weighted by molar-refractivity contribution is 9.10. The van der Waals surface area contributed by atoms with Crippen molar-refractivity contribution in [2.45, 2.75) is 37.1 Å². The molecule has 0 aliphatic carbocycles. The van der Waals surface area contributed by atoms with E-state index >= 15 is 0 Å². The highest BCUT2D eigenvalue weighted by Crippen LogP contribution is 2.24. The summed E-state index contributed by atoms with van der Waals surface area (Å²) >= 11 is 3.00. The second-order valence-corrected chi connectivity index (χ2v) is 7.46. The van der Waals surface area contributed by atoms with Crippen LogP contribution in [0.25, 0.3) is 0 Å². The van der Waals surface area contributed by atoms with E-state index in [0.29, 0.717) is 0 Å². The van der Waals surface area contributed by atoms with E-state index in [4.69, 9.17) is 5.11 Å². The number of hydrogen-bond donors (Lipinski definition) is 2. The van der Waals surface area contributed by atoms with Crippen molar-refractivity contribution in [3.63, 3.8) is 0 Å². The van der Waals surface area contributed by atoms with Gasteiger partial charge in [-0.1, -0.05) is 0 Å². The first-order valence-electron chi connectivity index (χ1n) is 5.74. The minimum absolute atomic E-state index is 0.0951. The van der Waals surface area contributed by atoms with Crippen molar-refractivity contribution < 1.29 is 22.7 Å². The molecule has 0 saturated heterocycles. The number of halogens is 2. The summed E-state index contributed by atoms with van der Waals surface area (Å²) in [6.07, 6.45) is -0.0134. The number of carbonyl (C=O) groups is 1. The molecule has 0 aliphatic rings. The van der Waals surface area contributed by atoms with Crippen LogP contribution in [0.5, 0.6) is 0 Å². The molecule has 0 radical (unpaired) electrons. The van der Waals surface area contributed by atoms with Gasteiger partial charge in [0.1, 0.15) is 5.82 Å². The predicted molar refractivity (Wildman–Crippen MR) is 75.4 cm³/mol. The summed E-state index contributed by atoms with van der Waals surface area (Å²) in [5.74, 6) is -1.55. The lowest BCUT2D eigenvalue weighted by atomic mass is 10.0. The SMILES string of the molecule is CC(C)(CCC(=O)O)NS(=O)(=O)c1ccc(F)cc1Br. The number of sulfonamides is 1. The van der Waals surface area contributed by atoms with Gasteiger partial charge < -0.3 is 5.11 Å². The van der Waals surface area contributed by atoms with Gasteiger partial charge in [0.2, 0.25) is 10.0 Å². The number of hydrogen-bond acceptors (Lipinski definition) is 3. The zero-order valence-corrected chi connectivity index (χ0v) is 13.4. The number of rotatable bonds is 6. The summed E-state index contributed by atoms with van der Waals surface area (Å²) in [5, 5.41) is 8.64. The Kier molecular flexibility index (Phi) is 5.28. The lowest BCUT2D eigenvalue weighted by molar-refractivity contribution is -0.137. The quantitative estimate of drug-likeness (QED) is 0.808. The molecule has 0 saturated carbocycles. The zero-order chi connectivity index (χ0) is 15.6. The number of carboxylic acid groups (broad SMARTS) is 1. The molecule has 0 atom stereocenters. The van der Waals surface area contributed by atoms with E-state index in [9.17, 15) is 17.6 Å². The van der Waals surface area contributed by atoms with Gasteiger partial charge in [-0.2, -0.15) is 0 Å². The molecular weight excluding hydrogens is 353 g/mol. The summed E-state index contributed by atoms with van der Waals surface area (Å²) in [7, 11) is -3.87. The molecule has 0 fully saturated rings. The van der Waals surface area contributed by atoms with Crippen LogP contribution in [0.15, 0.2) is 27.6 Å². The van der Waals surface area contributed by atoms with E-state index < -0.39 is 27.3 Å². The Labute approximate surface area is 125 Å². The van der Waals surface area contributed by atoms with Crippen molar-refractivity contribution in [3.8, 4) is 0 Å².